The highest BCUT2D eigenvalue weighted by atomic mass is 79.9. The Bertz CT molecular complexity index is 325. The van der Waals surface area contributed by atoms with Gasteiger partial charge in [-0.05, 0) is 36.1 Å². The van der Waals surface area contributed by atoms with Crippen LogP contribution in [0.4, 0.5) is 0 Å². The van der Waals surface area contributed by atoms with Crippen molar-refractivity contribution in [1.29, 1.82) is 0 Å². The fraction of sp³-hybridized carbons (Fsp3) is 0.455. The third kappa shape index (κ3) is 2.20. The van der Waals surface area contributed by atoms with Crippen LogP contribution in [-0.4, -0.2) is 11.9 Å². The number of alkyl halides is 1. The molecule has 0 amide bonds. The van der Waals surface area contributed by atoms with Crippen LogP contribution < -0.4 is 0 Å². The molecule has 1 aliphatic rings. The molecule has 3 heteroatoms. The van der Waals surface area contributed by atoms with Gasteiger partial charge in [0.15, 0.2) is 0 Å². The molecule has 1 atom stereocenters. The number of hydrogen-bond acceptors (Lipinski definition) is 1. The Hall–Kier alpha value is 0.140. The van der Waals surface area contributed by atoms with Crippen LogP contribution in [-0.2, 0) is 11.2 Å². The van der Waals surface area contributed by atoms with Crippen LogP contribution in [0, 0.1) is 0 Å². The predicted molar refractivity (Wildman–Crippen MR) is 65.0 cm³/mol. The van der Waals surface area contributed by atoms with E-state index in [9.17, 15) is 0 Å². The number of halogens is 2. The molecule has 0 radical (unpaired) electrons. The van der Waals surface area contributed by atoms with Gasteiger partial charge in [0.25, 0.3) is 0 Å². The molecule has 1 aromatic carbocycles. The zero-order valence-corrected chi connectivity index (χ0v) is 11.0. The second kappa shape index (κ2) is 4.77. The third-order valence-corrected chi connectivity index (χ3v) is 3.46. The number of hydrogen-bond donors (Lipinski definition) is 0. The van der Waals surface area contributed by atoms with Gasteiger partial charge in [-0.25, -0.2) is 0 Å². The molecule has 0 unspecified atom stereocenters. The van der Waals surface area contributed by atoms with Crippen molar-refractivity contribution in [2.24, 2.45) is 0 Å². The fourth-order valence-corrected chi connectivity index (χ4v) is 2.67. The molecule has 0 aromatic heterocycles. The highest BCUT2D eigenvalue weighted by Crippen LogP contribution is 2.31. The summed E-state index contributed by atoms with van der Waals surface area (Å²) in [5.41, 5.74) is 2.79. The van der Waals surface area contributed by atoms with Crippen LogP contribution in [0.15, 0.2) is 22.7 Å². The summed E-state index contributed by atoms with van der Waals surface area (Å²) in [7, 11) is 0. The Morgan fingerprint density at radius 1 is 1.43 bits per heavy atom. The van der Waals surface area contributed by atoms with Crippen molar-refractivity contribution >= 4 is 31.9 Å². The summed E-state index contributed by atoms with van der Waals surface area (Å²) in [5.74, 6) is 0. The smallest absolute Gasteiger partial charge is 0.0835 e. The van der Waals surface area contributed by atoms with Crippen molar-refractivity contribution < 1.29 is 4.74 Å². The average Bonchev–Trinajstić information content (AvgIpc) is 2.18. The average molecular weight is 320 g/mol. The molecule has 0 saturated heterocycles. The van der Waals surface area contributed by atoms with E-state index in [-0.39, 0.29) is 6.10 Å². The summed E-state index contributed by atoms with van der Waals surface area (Å²) < 4.78 is 6.90. The summed E-state index contributed by atoms with van der Waals surface area (Å²) in [5, 5.41) is 0.993. The highest BCUT2D eigenvalue weighted by molar-refractivity contribution is 9.10. The van der Waals surface area contributed by atoms with Crippen LogP contribution in [0.3, 0.4) is 0 Å². The molecule has 2 rings (SSSR count). The van der Waals surface area contributed by atoms with Crippen molar-refractivity contribution in [3.63, 3.8) is 0 Å². The maximum absolute atomic E-state index is 5.74. The van der Waals surface area contributed by atoms with Crippen LogP contribution >= 0.6 is 31.9 Å². The van der Waals surface area contributed by atoms with Gasteiger partial charge in [-0.15, -0.1) is 0 Å². The molecule has 0 bridgehead atoms. The van der Waals surface area contributed by atoms with E-state index >= 15 is 0 Å². The number of ether oxygens (including phenoxy) is 1. The molecule has 76 valence electrons. The van der Waals surface area contributed by atoms with Gasteiger partial charge in [0.05, 0.1) is 12.7 Å². The topological polar surface area (TPSA) is 9.23 Å². The first-order valence-corrected chi connectivity index (χ1v) is 6.68. The molecule has 1 nitrogen and oxygen atoms in total. The van der Waals surface area contributed by atoms with E-state index in [0.29, 0.717) is 0 Å². The van der Waals surface area contributed by atoms with Gasteiger partial charge >= 0.3 is 0 Å². The molecule has 0 fully saturated rings. The first-order valence-electron chi connectivity index (χ1n) is 4.77. The summed E-state index contributed by atoms with van der Waals surface area (Å²) in [6.45, 7) is 0.848. The maximum Gasteiger partial charge on any atom is 0.0835 e. The summed E-state index contributed by atoms with van der Waals surface area (Å²) in [6.07, 6.45) is 2.37. The second-order valence-electron chi connectivity index (χ2n) is 3.43. The van der Waals surface area contributed by atoms with Crippen molar-refractivity contribution in [2.75, 3.05) is 11.9 Å². The molecule has 0 saturated carbocycles. The largest absolute Gasteiger partial charge is 0.373 e. The van der Waals surface area contributed by atoms with Crippen molar-refractivity contribution in [3.05, 3.63) is 33.8 Å². The Balaban J connectivity index is 2.30. The van der Waals surface area contributed by atoms with Gasteiger partial charge in [0.2, 0.25) is 0 Å². The zero-order chi connectivity index (χ0) is 9.97. The van der Waals surface area contributed by atoms with Gasteiger partial charge in [-0.3, -0.25) is 0 Å². The van der Waals surface area contributed by atoms with E-state index < -0.39 is 0 Å². The van der Waals surface area contributed by atoms with E-state index in [4.69, 9.17) is 4.74 Å². The van der Waals surface area contributed by atoms with Gasteiger partial charge < -0.3 is 4.74 Å². The first-order chi connectivity index (χ1) is 6.81. The monoisotopic (exact) mass is 318 g/mol. The molecular weight excluding hydrogens is 308 g/mol. The van der Waals surface area contributed by atoms with E-state index in [2.05, 4.69) is 50.1 Å². The van der Waals surface area contributed by atoms with Gasteiger partial charge in [-0.2, -0.15) is 0 Å². The van der Waals surface area contributed by atoms with Gasteiger partial charge in [0, 0.05) is 9.80 Å². The lowest BCUT2D eigenvalue weighted by atomic mass is 9.96. The van der Waals surface area contributed by atoms with Crippen molar-refractivity contribution in [3.8, 4) is 0 Å². The SMILES string of the molecule is BrCC[C@@H]1OCCc2cc(Br)ccc21. The Morgan fingerprint density at radius 3 is 3.07 bits per heavy atom. The quantitative estimate of drug-likeness (QED) is 0.752. The molecule has 1 aliphatic heterocycles. The van der Waals surface area contributed by atoms with E-state index in [0.717, 1.165) is 29.3 Å². The standard InChI is InChI=1S/C11H12Br2O/c12-5-3-11-10-2-1-9(13)7-8(10)4-6-14-11/h1-2,7,11H,3-6H2/t11-/m0/s1. The van der Waals surface area contributed by atoms with E-state index in [1.165, 1.54) is 11.1 Å². The summed E-state index contributed by atoms with van der Waals surface area (Å²) in [4.78, 5) is 0. The molecule has 1 aromatic rings. The number of benzene rings is 1. The predicted octanol–water partition coefficient (Wildman–Crippen LogP) is 3.85. The van der Waals surface area contributed by atoms with Crippen LogP contribution in [0.1, 0.15) is 23.7 Å². The zero-order valence-electron chi connectivity index (χ0n) is 7.80. The third-order valence-electron chi connectivity index (χ3n) is 2.51. The molecule has 0 N–H and O–H groups in total. The minimum Gasteiger partial charge on any atom is -0.373 e. The lowest BCUT2D eigenvalue weighted by molar-refractivity contribution is 0.0409. The molecule has 14 heavy (non-hydrogen) atoms. The lowest BCUT2D eigenvalue weighted by Crippen LogP contribution is -2.16. The summed E-state index contributed by atoms with van der Waals surface area (Å²) >= 11 is 6.96. The van der Waals surface area contributed by atoms with Gasteiger partial charge in [0.1, 0.15) is 0 Å². The van der Waals surface area contributed by atoms with E-state index in [1.807, 2.05) is 0 Å². The molecule has 0 aliphatic carbocycles. The van der Waals surface area contributed by atoms with Crippen LogP contribution in [0.2, 0.25) is 0 Å². The molecule has 0 spiro atoms. The fourth-order valence-electron chi connectivity index (χ4n) is 1.84. The second-order valence-corrected chi connectivity index (χ2v) is 5.14. The minimum atomic E-state index is 0.284. The maximum atomic E-state index is 5.74. The van der Waals surface area contributed by atoms with Gasteiger partial charge in [-0.1, -0.05) is 37.9 Å². The first kappa shape index (κ1) is 10.7. The summed E-state index contributed by atoms with van der Waals surface area (Å²) in [6, 6.07) is 6.47. The molecular formula is C11H12Br2O. The Morgan fingerprint density at radius 2 is 2.29 bits per heavy atom. The normalized spacial score (nSPS) is 20.6. The molecule has 1 heterocycles. The highest BCUT2D eigenvalue weighted by Gasteiger charge is 2.19. The number of rotatable bonds is 2. The van der Waals surface area contributed by atoms with Crippen LogP contribution in [0.5, 0.6) is 0 Å². The Kier molecular flexibility index (Phi) is 3.63. The number of fused-ring (bicyclic) bond motifs is 1. The van der Waals surface area contributed by atoms with E-state index in [1.54, 1.807) is 0 Å². The van der Waals surface area contributed by atoms with Crippen molar-refractivity contribution in [1.82, 2.24) is 0 Å². The van der Waals surface area contributed by atoms with Crippen molar-refractivity contribution in [2.45, 2.75) is 18.9 Å². The lowest BCUT2D eigenvalue weighted by Gasteiger charge is -2.25. The van der Waals surface area contributed by atoms with Crippen LogP contribution in [0.25, 0.3) is 0 Å². The Labute approximate surface area is 101 Å². The minimum absolute atomic E-state index is 0.284.